The average Bonchev–Trinajstić information content (AvgIpc) is 2.63. The summed E-state index contributed by atoms with van der Waals surface area (Å²) in [5.41, 5.74) is 1.50. The fourth-order valence-corrected chi connectivity index (χ4v) is 1.78. The molecule has 1 heterocycles. The second kappa shape index (κ2) is 6.15. The van der Waals surface area contributed by atoms with Crippen molar-refractivity contribution in [3.63, 3.8) is 0 Å². The van der Waals surface area contributed by atoms with Crippen molar-refractivity contribution in [2.24, 2.45) is 0 Å². The van der Waals surface area contributed by atoms with E-state index in [0.717, 1.165) is 5.57 Å². The van der Waals surface area contributed by atoms with Gasteiger partial charge in [0.1, 0.15) is 0 Å². The molecule has 0 unspecified atom stereocenters. The summed E-state index contributed by atoms with van der Waals surface area (Å²) in [7, 11) is 1.33. The Morgan fingerprint density at radius 2 is 2.24 bits per heavy atom. The highest BCUT2D eigenvalue weighted by molar-refractivity contribution is 7.14. The van der Waals surface area contributed by atoms with Gasteiger partial charge in [0.25, 0.3) is 0 Å². The smallest absolute Gasteiger partial charge is 0.311 e. The van der Waals surface area contributed by atoms with E-state index in [-0.39, 0.29) is 18.3 Å². The molecule has 1 aromatic heterocycles. The highest BCUT2D eigenvalue weighted by atomic mass is 32.1. The molecule has 0 aromatic carbocycles. The van der Waals surface area contributed by atoms with Gasteiger partial charge in [-0.25, -0.2) is 4.98 Å². The summed E-state index contributed by atoms with van der Waals surface area (Å²) in [6.45, 7) is 3.67. The maximum Gasteiger partial charge on any atom is 0.311 e. The van der Waals surface area contributed by atoms with E-state index in [2.05, 4.69) is 15.0 Å². The number of esters is 1. The number of anilines is 1. The zero-order valence-electron chi connectivity index (χ0n) is 9.94. The Morgan fingerprint density at radius 3 is 2.82 bits per heavy atom. The molecule has 0 saturated carbocycles. The van der Waals surface area contributed by atoms with Gasteiger partial charge in [0.15, 0.2) is 5.13 Å². The number of rotatable bonds is 4. The van der Waals surface area contributed by atoms with E-state index in [1.54, 1.807) is 5.38 Å². The number of amides is 1. The summed E-state index contributed by atoms with van der Waals surface area (Å²) in [5.74, 6) is -0.568. The van der Waals surface area contributed by atoms with Crippen molar-refractivity contribution in [1.82, 2.24) is 4.98 Å². The van der Waals surface area contributed by atoms with Crippen molar-refractivity contribution < 1.29 is 14.3 Å². The summed E-state index contributed by atoms with van der Waals surface area (Å²) in [4.78, 5) is 26.5. The molecule has 6 heteroatoms. The van der Waals surface area contributed by atoms with Gasteiger partial charge in [-0.3, -0.25) is 14.9 Å². The highest BCUT2D eigenvalue weighted by Crippen LogP contribution is 2.16. The van der Waals surface area contributed by atoms with Gasteiger partial charge in [0.2, 0.25) is 5.91 Å². The van der Waals surface area contributed by atoms with Crippen molar-refractivity contribution in [1.29, 1.82) is 0 Å². The Labute approximate surface area is 104 Å². The van der Waals surface area contributed by atoms with Crippen LogP contribution in [0.5, 0.6) is 0 Å². The first-order valence-corrected chi connectivity index (χ1v) is 5.86. The van der Waals surface area contributed by atoms with Crippen LogP contribution in [0.2, 0.25) is 0 Å². The summed E-state index contributed by atoms with van der Waals surface area (Å²) in [6.07, 6.45) is 1.60. The first kappa shape index (κ1) is 13.4. The molecule has 1 amide bonds. The molecule has 0 bridgehead atoms. The van der Waals surface area contributed by atoms with Crippen molar-refractivity contribution >= 4 is 28.3 Å². The van der Waals surface area contributed by atoms with Crippen LogP contribution in [-0.2, 0) is 20.7 Å². The highest BCUT2D eigenvalue weighted by Gasteiger charge is 2.08. The second-order valence-electron chi connectivity index (χ2n) is 3.61. The molecule has 0 spiro atoms. The Morgan fingerprint density at radius 1 is 1.53 bits per heavy atom. The normalized spacial score (nSPS) is 9.59. The standard InChI is InChI=1S/C11H14N2O3S/c1-7(2)4-9(14)13-11-12-8(6-17-11)5-10(15)16-3/h4,6H,5H2,1-3H3,(H,12,13,14). The van der Waals surface area contributed by atoms with E-state index in [0.29, 0.717) is 10.8 Å². The second-order valence-corrected chi connectivity index (χ2v) is 4.47. The molecule has 0 radical (unpaired) electrons. The Kier molecular flexibility index (Phi) is 4.84. The number of aromatic nitrogens is 1. The lowest BCUT2D eigenvalue weighted by molar-refractivity contribution is -0.139. The number of hydrogen-bond donors (Lipinski definition) is 1. The number of thiazole rings is 1. The lowest BCUT2D eigenvalue weighted by Crippen LogP contribution is -2.09. The number of nitrogens with one attached hydrogen (secondary N) is 1. The third kappa shape index (κ3) is 4.78. The van der Waals surface area contributed by atoms with Crippen molar-refractivity contribution in [2.45, 2.75) is 20.3 Å². The van der Waals surface area contributed by atoms with Crippen molar-refractivity contribution in [2.75, 3.05) is 12.4 Å². The van der Waals surface area contributed by atoms with Gasteiger partial charge in [-0.2, -0.15) is 0 Å². The van der Waals surface area contributed by atoms with Crippen LogP contribution in [-0.4, -0.2) is 24.0 Å². The molecule has 0 fully saturated rings. The third-order valence-electron chi connectivity index (χ3n) is 1.75. The molecule has 0 atom stereocenters. The summed E-state index contributed by atoms with van der Waals surface area (Å²) < 4.78 is 4.53. The number of methoxy groups -OCH3 is 1. The molecule has 0 aliphatic heterocycles. The minimum Gasteiger partial charge on any atom is -0.469 e. The van der Waals surface area contributed by atoms with Gasteiger partial charge >= 0.3 is 5.97 Å². The van der Waals surface area contributed by atoms with Gasteiger partial charge in [-0.05, 0) is 13.8 Å². The maximum atomic E-state index is 11.4. The van der Waals surface area contributed by atoms with E-state index >= 15 is 0 Å². The van der Waals surface area contributed by atoms with Crippen LogP contribution in [0, 0.1) is 0 Å². The number of carbonyl (C=O) groups is 2. The predicted octanol–water partition coefficient (Wildman–Crippen LogP) is 1.76. The van der Waals surface area contributed by atoms with Gasteiger partial charge in [-0.1, -0.05) is 5.57 Å². The average molecular weight is 254 g/mol. The Bertz CT molecular complexity index is 447. The topological polar surface area (TPSA) is 68.3 Å². The van der Waals surface area contributed by atoms with Gasteiger partial charge in [0, 0.05) is 11.5 Å². The SMILES string of the molecule is COC(=O)Cc1csc(NC(=O)C=C(C)C)n1. The number of ether oxygens (including phenoxy) is 1. The van der Waals surface area contributed by atoms with Gasteiger partial charge < -0.3 is 4.74 Å². The van der Waals surface area contributed by atoms with E-state index < -0.39 is 0 Å². The fourth-order valence-electron chi connectivity index (χ4n) is 1.07. The van der Waals surface area contributed by atoms with Gasteiger partial charge in [0.05, 0.1) is 19.2 Å². The van der Waals surface area contributed by atoms with Crippen LogP contribution >= 0.6 is 11.3 Å². The molecular weight excluding hydrogens is 240 g/mol. The molecule has 0 aliphatic carbocycles. The molecule has 5 nitrogen and oxygen atoms in total. The lowest BCUT2D eigenvalue weighted by Gasteiger charge is -1.97. The lowest BCUT2D eigenvalue weighted by atomic mass is 10.3. The van der Waals surface area contributed by atoms with E-state index in [9.17, 15) is 9.59 Å². The van der Waals surface area contributed by atoms with E-state index in [1.165, 1.54) is 24.5 Å². The zero-order valence-corrected chi connectivity index (χ0v) is 10.8. The molecule has 17 heavy (non-hydrogen) atoms. The fraction of sp³-hybridized carbons (Fsp3) is 0.364. The monoisotopic (exact) mass is 254 g/mol. The van der Waals surface area contributed by atoms with Crippen molar-refractivity contribution in [3.05, 3.63) is 22.7 Å². The summed E-state index contributed by atoms with van der Waals surface area (Å²) >= 11 is 1.28. The molecule has 1 rings (SSSR count). The first-order valence-electron chi connectivity index (χ1n) is 4.98. The van der Waals surface area contributed by atoms with E-state index in [4.69, 9.17) is 0 Å². The summed E-state index contributed by atoms with van der Waals surface area (Å²) in [6, 6.07) is 0. The maximum absolute atomic E-state index is 11.4. The molecule has 1 aromatic rings. The largest absolute Gasteiger partial charge is 0.469 e. The van der Waals surface area contributed by atoms with Crippen LogP contribution in [0.15, 0.2) is 17.0 Å². The Balaban J connectivity index is 2.60. The quantitative estimate of drug-likeness (QED) is 0.656. The molecule has 92 valence electrons. The van der Waals surface area contributed by atoms with Crippen LogP contribution in [0.1, 0.15) is 19.5 Å². The number of allylic oxidation sites excluding steroid dienone is 1. The minimum atomic E-state index is -0.350. The third-order valence-corrected chi connectivity index (χ3v) is 2.56. The predicted molar refractivity (Wildman–Crippen MR) is 65.9 cm³/mol. The minimum absolute atomic E-state index is 0.117. The molecule has 0 saturated heterocycles. The number of nitrogens with zero attached hydrogens (tertiary/aromatic N) is 1. The molecular formula is C11H14N2O3S. The summed E-state index contributed by atoms with van der Waals surface area (Å²) in [5, 5.41) is 4.82. The zero-order chi connectivity index (χ0) is 12.8. The van der Waals surface area contributed by atoms with Crippen LogP contribution < -0.4 is 5.32 Å². The van der Waals surface area contributed by atoms with Crippen LogP contribution in [0.3, 0.4) is 0 Å². The van der Waals surface area contributed by atoms with Crippen LogP contribution in [0.25, 0.3) is 0 Å². The molecule has 0 aliphatic rings. The van der Waals surface area contributed by atoms with Crippen LogP contribution in [0.4, 0.5) is 5.13 Å². The van der Waals surface area contributed by atoms with Crippen molar-refractivity contribution in [3.8, 4) is 0 Å². The first-order chi connectivity index (χ1) is 8.01. The van der Waals surface area contributed by atoms with E-state index in [1.807, 2.05) is 13.8 Å². The number of carbonyl (C=O) groups excluding carboxylic acids is 2. The molecule has 1 N–H and O–H groups in total. The van der Waals surface area contributed by atoms with Gasteiger partial charge in [-0.15, -0.1) is 11.3 Å². The number of hydrogen-bond acceptors (Lipinski definition) is 5. The Hall–Kier alpha value is -1.69.